The third-order valence-electron chi connectivity index (χ3n) is 3.37. The average Bonchev–Trinajstić information content (AvgIpc) is 2.47. The van der Waals surface area contributed by atoms with Gasteiger partial charge in [-0.25, -0.2) is 8.78 Å². The summed E-state index contributed by atoms with van der Waals surface area (Å²) in [4.78, 5) is 0. The Bertz CT molecular complexity index is 581. The number of rotatable bonds is 5. The predicted molar refractivity (Wildman–Crippen MR) is 78.5 cm³/mol. The van der Waals surface area contributed by atoms with E-state index in [1.165, 1.54) is 6.07 Å². The van der Waals surface area contributed by atoms with E-state index in [-0.39, 0.29) is 6.04 Å². The Labute approximate surface area is 118 Å². The van der Waals surface area contributed by atoms with Crippen LogP contribution in [0.15, 0.2) is 42.5 Å². The maximum Gasteiger partial charge on any atom is 0.166 e. The summed E-state index contributed by atoms with van der Waals surface area (Å²) in [7, 11) is 0. The first-order valence-electron chi connectivity index (χ1n) is 6.91. The molecule has 2 aromatic carbocycles. The molecule has 0 aliphatic heterocycles. The Kier molecular flexibility index (Phi) is 4.85. The van der Waals surface area contributed by atoms with Crippen molar-refractivity contribution in [3.05, 3.63) is 59.7 Å². The van der Waals surface area contributed by atoms with Gasteiger partial charge in [0.2, 0.25) is 0 Å². The molecule has 0 aliphatic carbocycles. The van der Waals surface area contributed by atoms with Crippen LogP contribution >= 0.6 is 0 Å². The van der Waals surface area contributed by atoms with Gasteiger partial charge in [-0.15, -0.1) is 0 Å². The van der Waals surface area contributed by atoms with E-state index >= 15 is 0 Å². The third-order valence-corrected chi connectivity index (χ3v) is 3.37. The zero-order chi connectivity index (χ0) is 14.5. The fourth-order valence-corrected chi connectivity index (χ4v) is 2.30. The lowest BCUT2D eigenvalue weighted by Gasteiger charge is -2.18. The van der Waals surface area contributed by atoms with Crippen LogP contribution in [0.25, 0.3) is 11.1 Å². The second-order valence-corrected chi connectivity index (χ2v) is 4.86. The minimum Gasteiger partial charge on any atom is -0.310 e. The first kappa shape index (κ1) is 14.7. The van der Waals surface area contributed by atoms with Crippen molar-refractivity contribution in [1.82, 2.24) is 5.32 Å². The van der Waals surface area contributed by atoms with Gasteiger partial charge < -0.3 is 5.32 Å². The molecular formula is C17H19F2N. The molecule has 0 saturated heterocycles. The Morgan fingerprint density at radius 1 is 1.00 bits per heavy atom. The highest BCUT2D eigenvalue weighted by atomic mass is 19.2. The molecule has 0 amide bonds. The summed E-state index contributed by atoms with van der Waals surface area (Å²) in [5.41, 5.74) is 2.02. The molecule has 2 rings (SSSR count). The summed E-state index contributed by atoms with van der Waals surface area (Å²) in [6.45, 7) is 5.02. The average molecular weight is 275 g/mol. The zero-order valence-corrected chi connectivity index (χ0v) is 11.8. The third kappa shape index (κ3) is 3.05. The monoisotopic (exact) mass is 275 g/mol. The highest BCUT2D eigenvalue weighted by Gasteiger charge is 2.15. The van der Waals surface area contributed by atoms with Gasteiger partial charge in [-0.05, 0) is 37.1 Å². The van der Waals surface area contributed by atoms with E-state index in [0.717, 1.165) is 30.2 Å². The van der Waals surface area contributed by atoms with Crippen molar-refractivity contribution >= 4 is 0 Å². The Morgan fingerprint density at radius 2 is 1.70 bits per heavy atom. The number of hydrogen-bond acceptors (Lipinski definition) is 1. The standard InChI is InChI=1S/C17H19F2N/c1-3-11-20-12(2)13-7-4-5-8-14(13)15-9-6-10-16(18)17(15)19/h4-10,12,20H,3,11H2,1-2H3. The minimum absolute atomic E-state index is 0.0915. The lowest BCUT2D eigenvalue weighted by molar-refractivity contribution is 0.510. The molecular weight excluding hydrogens is 256 g/mol. The van der Waals surface area contributed by atoms with Crippen LogP contribution in [0.3, 0.4) is 0 Å². The molecule has 0 saturated carbocycles. The fourth-order valence-electron chi connectivity index (χ4n) is 2.30. The maximum atomic E-state index is 14.0. The van der Waals surface area contributed by atoms with Crippen LogP contribution in [0.2, 0.25) is 0 Å². The van der Waals surface area contributed by atoms with Crippen LogP contribution in [-0.4, -0.2) is 6.54 Å². The molecule has 0 aromatic heterocycles. The van der Waals surface area contributed by atoms with E-state index in [1.807, 2.05) is 31.2 Å². The van der Waals surface area contributed by atoms with E-state index in [4.69, 9.17) is 0 Å². The maximum absolute atomic E-state index is 14.0. The Hall–Kier alpha value is -1.74. The van der Waals surface area contributed by atoms with E-state index in [1.54, 1.807) is 6.07 Å². The quantitative estimate of drug-likeness (QED) is 0.834. The molecule has 0 heterocycles. The van der Waals surface area contributed by atoms with Crippen LogP contribution in [0.1, 0.15) is 31.9 Å². The Balaban J connectivity index is 2.44. The van der Waals surface area contributed by atoms with Crippen molar-refractivity contribution in [1.29, 1.82) is 0 Å². The van der Waals surface area contributed by atoms with Gasteiger partial charge in [-0.3, -0.25) is 0 Å². The van der Waals surface area contributed by atoms with Crippen LogP contribution in [0.4, 0.5) is 8.78 Å². The van der Waals surface area contributed by atoms with Gasteiger partial charge in [0.15, 0.2) is 11.6 Å². The van der Waals surface area contributed by atoms with Crippen molar-refractivity contribution < 1.29 is 8.78 Å². The molecule has 0 spiro atoms. The summed E-state index contributed by atoms with van der Waals surface area (Å²) in [6.07, 6.45) is 1.03. The highest BCUT2D eigenvalue weighted by molar-refractivity contribution is 5.68. The first-order valence-corrected chi connectivity index (χ1v) is 6.91. The van der Waals surface area contributed by atoms with Gasteiger partial charge in [0.05, 0.1) is 0 Å². The Morgan fingerprint density at radius 3 is 2.45 bits per heavy atom. The second kappa shape index (κ2) is 6.62. The molecule has 1 unspecified atom stereocenters. The number of halogens is 2. The van der Waals surface area contributed by atoms with Gasteiger partial charge >= 0.3 is 0 Å². The SMILES string of the molecule is CCCNC(C)c1ccccc1-c1cccc(F)c1F. The van der Waals surface area contributed by atoms with E-state index in [2.05, 4.69) is 12.2 Å². The van der Waals surface area contributed by atoms with Crippen molar-refractivity contribution in [2.24, 2.45) is 0 Å². The molecule has 0 bridgehead atoms. The van der Waals surface area contributed by atoms with Crippen molar-refractivity contribution in [3.63, 3.8) is 0 Å². The number of benzene rings is 2. The molecule has 1 atom stereocenters. The molecule has 1 nitrogen and oxygen atoms in total. The molecule has 20 heavy (non-hydrogen) atoms. The van der Waals surface area contributed by atoms with Gasteiger partial charge in [0.25, 0.3) is 0 Å². The minimum atomic E-state index is -0.813. The van der Waals surface area contributed by atoms with Gasteiger partial charge in [0, 0.05) is 11.6 Å². The number of hydrogen-bond donors (Lipinski definition) is 1. The molecule has 106 valence electrons. The summed E-state index contributed by atoms with van der Waals surface area (Å²) in [6, 6.07) is 11.9. The zero-order valence-electron chi connectivity index (χ0n) is 11.8. The van der Waals surface area contributed by atoms with Crippen LogP contribution in [0.5, 0.6) is 0 Å². The van der Waals surface area contributed by atoms with Gasteiger partial charge in [-0.2, -0.15) is 0 Å². The van der Waals surface area contributed by atoms with Gasteiger partial charge in [0.1, 0.15) is 0 Å². The largest absolute Gasteiger partial charge is 0.310 e. The van der Waals surface area contributed by atoms with Crippen LogP contribution in [0, 0.1) is 11.6 Å². The molecule has 2 aromatic rings. The van der Waals surface area contributed by atoms with Crippen molar-refractivity contribution in [2.45, 2.75) is 26.3 Å². The molecule has 0 radical (unpaired) electrons. The van der Waals surface area contributed by atoms with E-state index in [9.17, 15) is 8.78 Å². The second-order valence-electron chi connectivity index (χ2n) is 4.86. The van der Waals surface area contributed by atoms with Crippen molar-refractivity contribution in [2.75, 3.05) is 6.54 Å². The van der Waals surface area contributed by atoms with Crippen molar-refractivity contribution in [3.8, 4) is 11.1 Å². The van der Waals surface area contributed by atoms with Gasteiger partial charge in [-0.1, -0.05) is 43.3 Å². The van der Waals surface area contributed by atoms with E-state index < -0.39 is 11.6 Å². The van der Waals surface area contributed by atoms with Crippen LogP contribution < -0.4 is 5.32 Å². The normalized spacial score (nSPS) is 12.4. The molecule has 0 fully saturated rings. The predicted octanol–water partition coefficient (Wildman–Crippen LogP) is 4.69. The summed E-state index contributed by atoms with van der Waals surface area (Å²) >= 11 is 0. The number of nitrogens with one attached hydrogen (secondary N) is 1. The fraction of sp³-hybridized carbons (Fsp3) is 0.294. The molecule has 0 aliphatic rings. The smallest absolute Gasteiger partial charge is 0.166 e. The molecule has 1 N–H and O–H groups in total. The lowest BCUT2D eigenvalue weighted by Crippen LogP contribution is -2.19. The first-order chi connectivity index (χ1) is 9.65. The van der Waals surface area contributed by atoms with E-state index in [0.29, 0.717) is 5.56 Å². The lowest BCUT2D eigenvalue weighted by atomic mass is 9.95. The topological polar surface area (TPSA) is 12.0 Å². The summed E-state index contributed by atoms with van der Waals surface area (Å²) in [5, 5.41) is 3.38. The highest BCUT2D eigenvalue weighted by Crippen LogP contribution is 2.30. The van der Waals surface area contributed by atoms with Crippen LogP contribution in [-0.2, 0) is 0 Å². The summed E-state index contributed by atoms with van der Waals surface area (Å²) in [5.74, 6) is -1.60. The summed E-state index contributed by atoms with van der Waals surface area (Å²) < 4.78 is 27.4. The molecule has 3 heteroatoms.